The number of anilines is 3. The van der Waals surface area contributed by atoms with Crippen molar-refractivity contribution < 1.29 is 9.59 Å². The molecule has 0 atom stereocenters. The molecule has 2 amide bonds. The first-order chi connectivity index (χ1) is 19.7. The highest BCUT2D eigenvalue weighted by atomic mass is 16.2. The normalized spacial score (nSPS) is 12.1. The van der Waals surface area contributed by atoms with E-state index in [0.29, 0.717) is 29.7 Å². The van der Waals surface area contributed by atoms with Crippen LogP contribution in [0, 0.1) is 11.8 Å². The van der Waals surface area contributed by atoms with Crippen molar-refractivity contribution in [3.8, 4) is 11.8 Å². The van der Waals surface area contributed by atoms with Crippen LogP contribution >= 0.6 is 0 Å². The maximum atomic E-state index is 13.0. The standard InChI is InChI=1S/C35H25N3O2/c39-34-32-18-15-28(25-33(32)35(40)37(34)24-21-27-19-22-36-23-20-27)12-11-26-13-16-31(17-14-26)38(29-7-3-1-4-8-29)30-9-5-2-6-10-30/h1-10,13-20,22-23,25H,21,24H2. The van der Waals surface area contributed by atoms with Gasteiger partial charge >= 0.3 is 0 Å². The zero-order valence-electron chi connectivity index (χ0n) is 21.7. The van der Waals surface area contributed by atoms with Gasteiger partial charge in [-0.3, -0.25) is 19.5 Å². The lowest BCUT2D eigenvalue weighted by Crippen LogP contribution is -2.31. The zero-order chi connectivity index (χ0) is 27.3. The molecule has 2 heterocycles. The van der Waals surface area contributed by atoms with E-state index < -0.39 is 0 Å². The van der Waals surface area contributed by atoms with E-state index >= 15 is 0 Å². The fourth-order valence-electron chi connectivity index (χ4n) is 4.80. The number of nitrogens with zero attached hydrogens (tertiary/aromatic N) is 3. The van der Waals surface area contributed by atoms with Crippen LogP contribution in [-0.2, 0) is 6.42 Å². The molecule has 5 aromatic rings. The molecule has 1 aliphatic rings. The van der Waals surface area contributed by atoms with E-state index in [1.54, 1.807) is 30.6 Å². The highest BCUT2D eigenvalue weighted by Crippen LogP contribution is 2.34. The second-order valence-corrected chi connectivity index (χ2v) is 9.43. The summed E-state index contributed by atoms with van der Waals surface area (Å²) in [6.07, 6.45) is 4.00. The summed E-state index contributed by atoms with van der Waals surface area (Å²) >= 11 is 0. The van der Waals surface area contributed by atoms with Crippen LogP contribution in [0.5, 0.6) is 0 Å². The Bertz CT molecular complexity index is 1680. The monoisotopic (exact) mass is 519 g/mol. The molecule has 0 saturated heterocycles. The Morgan fingerprint density at radius 1 is 0.600 bits per heavy atom. The maximum absolute atomic E-state index is 13.0. The molecule has 0 bridgehead atoms. The van der Waals surface area contributed by atoms with Crippen molar-refractivity contribution in [2.75, 3.05) is 11.4 Å². The summed E-state index contributed by atoms with van der Waals surface area (Å²) < 4.78 is 0. The Balaban J connectivity index is 1.20. The van der Waals surface area contributed by atoms with Crippen LogP contribution < -0.4 is 4.90 Å². The molecule has 0 spiro atoms. The lowest BCUT2D eigenvalue weighted by atomic mass is 10.1. The molecule has 6 rings (SSSR count). The Morgan fingerprint density at radius 3 is 1.80 bits per heavy atom. The molecule has 4 aromatic carbocycles. The third kappa shape index (κ3) is 5.11. The molecule has 1 aliphatic heterocycles. The number of fused-ring (bicyclic) bond motifs is 1. The molecule has 5 heteroatoms. The van der Waals surface area contributed by atoms with Crippen molar-refractivity contribution in [2.45, 2.75) is 6.42 Å². The highest BCUT2D eigenvalue weighted by Gasteiger charge is 2.35. The number of hydrogen-bond donors (Lipinski definition) is 0. The summed E-state index contributed by atoms with van der Waals surface area (Å²) in [5.74, 6) is 5.82. The molecular weight excluding hydrogens is 494 g/mol. The van der Waals surface area contributed by atoms with Crippen molar-refractivity contribution in [3.63, 3.8) is 0 Å². The molecule has 5 nitrogen and oxygen atoms in total. The largest absolute Gasteiger partial charge is 0.311 e. The summed E-state index contributed by atoms with van der Waals surface area (Å²) in [6, 6.07) is 37.5. The number of amides is 2. The minimum absolute atomic E-state index is 0.259. The molecule has 1 aromatic heterocycles. The van der Waals surface area contributed by atoms with Gasteiger partial charge in [0.25, 0.3) is 11.8 Å². The van der Waals surface area contributed by atoms with E-state index in [1.807, 2.05) is 60.7 Å². The maximum Gasteiger partial charge on any atom is 0.261 e. The lowest BCUT2D eigenvalue weighted by molar-refractivity contribution is 0.0656. The number of pyridine rings is 1. The summed E-state index contributed by atoms with van der Waals surface area (Å²) in [5.41, 5.74) is 6.57. The first-order valence-corrected chi connectivity index (χ1v) is 13.1. The number of aromatic nitrogens is 1. The van der Waals surface area contributed by atoms with Crippen molar-refractivity contribution in [1.82, 2.24) is 9.88 Å². The van der Waals surface area contributed by atoms with Crippen LogP contribution in [0.15, 0.2) is 128 Å². The summed E-state index contributed by atoms with van der Waals surface area (Å²) in [4.78, 5) is 33.4. The first-order valence-electron chi connectivity index (χ1n) is 13.1. The Labute approximate surface area is 233 Å². The summed E-state index contributed by atoms with van der Waals surface area (Å²) in [7, 11) is 0. The number of carbonyl (C=O) groups excluding carboxylic acids is 2. The minimum atomic E-state index is -0.274. The van der Waals surface area contributed by atoms with Crippen LogP contribution in [0.25, 0.3) is 0 Å². The average molecular weight is 520 g/mol. The molecule has 0 fully saturated rings. The van der Waals surface area contributed by atoms with Crippen LogP contribution in [0.3, 0.4) is 0 Å². The van der Waals surface area contributed by atoms with E-state index in [9.17, 15) is 9.59 Å². The number of para-hydroxylation sites is 2. The van der Waals surface area contributed by atoms with Crippen LogP contribution in [0.2, 0.25) is 0 Å². The second kappa shape index (κ2) is 11.1. The number of imide groups is 1. The highest BCUT2D eigenvalue weighted by molar-refractivity contribution is 6.21. The van der Waals surface area contributed by atoms with Gasteiger partial charge in [-0.15, -0.1) is 0 Å². The van der Waals surface area contributed by atoms with Gasteiger partial charge in [-0.2, -0.15) is 0 Å². The van der Waals surface area contributed by atoms with E-state index in [2.05, 4.69) is 58.1 Å². The predicted octanol–water partition coefficient (Wildman–Crippen LogP) is 6.79. The topological polar surface area (TPSA) is 53.5 Å². The SMILES string of the molecule is O=C1c2ccc(C#Cc3ccc(N(c4ccccc4)c4ccccc4)cc3)cc2C(=O)N1CCc1ccncc1. The molecular formula is C35H25N3O2. The fourth-order valence-corrected chi connectivity index (χ4v) is 4.80. The molecule has 0 radical (unpaired) electrons. The second-order valence-electron chi connectivity index (χ2n) is 9.43. The zero-order valence-corrected chi connectivity index (χ0v) is 21.7. The number of carbonyl (C=O) groups is 2. The third-order valence-corrected chi connectivity index (χ3v) is 6.85. The number of benzene rings is 4. The van der Waals surface area contributed by atoms with Gasteiger partial charge in [0.15, 0.2) is 0 Å². The van der Waals surface area contributed by atoms with Crippen LogP contribution in [0.1, 0.15) is 37.4 Å². The quantitative estimate of drug-likeness (QED) is 0.183. The molecule has 192 valence electrons. The van der Waals surface area contributed by atoms with Gasteiger partial charge in [0.05, 0.1) is 11.1 Å². The van der Waals surface area contributed by atoms with Gasteiger partial charge in [0, 0.05) is 47.1 Å². The minimum Gasteiger partial charge on any atom is -0.311 e. The smallest absolute Gasteiger partial charge is 0.261 e. The molecule has 0 N–H and O–H groups in total. The van der Waals surface area contributed by atoms with Gasteiger partial charge in [-0.25, -0.2) is 0 Å². The Morgan fingerprint density at radius 2 is 1.15 bits per heavy atom. The molecule has 0 saturated carbocycles. The average Bonchev–Trinajstić information content (AvgIpc) is 3.25. The van der Waals surface area contributed by atoms with Crippen molar-refractivity contribution >= 4 is 28.9 Å². The van der Waals surface area contributed by atoms with Crippen LogP contribution in [0.4, 0.5) is 17.1 Å². The summed E-state index contributed by atoms with van der Waals surface area (Å²) in [5, 5.41) is 0. The Kier molecular flexibility index (Phi) is 6.90. The van der Waals surface area contributed by atoms with Gasteiger partial charge in [0.1, 0.15) is 0 Å². The number of hydrogen-bond acceptors (Lipinski definition) is 4. The van der Waals surface area contributed by atoms with E-state index in [-0.39, 0.29) is 11.8 Å². The van der Waals surface area contributed by atoms with Gasteiger partial charge < -0.3 is 4.90 Å². The van der Waals surface area contributed by atoms with E-state index in [1.165, 1.54) is 4.90 Å². The molecule has 0 aliphatic carbocycles. The van der Waals surface area contributed by atoms with Crippen molar-refractivity contribution in [2.24, 2.45) is 0 Å². The predicted molar refractivity (Wildman–Crippen MR) is 157 cm³/mol. The van der Waals surface area contributed by atoms with E-state index in [0.717, 1.165) is 28.2 Å². The van der Waals surface area contributed by atoms with E-state index in [4.69, 9.17) is 0 Å². The molecule has 40 heavy (non-hydrogen) atoms. The first kappa shape index (κ1) is 24.8. The summed E-state index contributed by atoms with van der Waals surface area (Å²) in [6.45, 7) is 0.326. The number of rotatable bonds is 6. The van der Waals surface area contributed by atoms with Crippen molar-refractivity contribution in [3.05, 3.63) is 155 Å². The Hall–Kier alpha value is -5.47. The molecule has 0 unspecified atom stereocenters. The fraction of sp³-hybridized carbons (Fsp3) is 0.0571. The van der Waals surface area contributed by atoms with Crippen LogP contribution in [-0.4, -0.2) is 28.2 Å². The lowest BCUT2D eigenvalue weighted by Gasteiger charge is -2.25. The van der Waals surface area contributed by atoms with Gasteiger partial charge in [-0.1, -0.05) is 48.2 Å². The third-order valence-electron chi connectivity index (χ3n) is 6.85. The van der Waals surface area contributed by atoms with Gasteiger partial charge in [-0.05, 0) is 90.8 Å². The van der Waals surface area contributed by atoms with Crippen molar-refractivity contribution in [1.29, 1.82) is 0 Å². The van der Waals surface area contributed by atoms with Gasteiger partial charge in [0.2, 0.25) is 0 Å².